The summed E-state index contributed by atoms with van der Waals surface area (Å²) in [4.78, 5) is 0. The molecule has 0 radical (unpaired) electrons. The Kier molecular flexibility index (Phi) is 3.58. The highest BCUT2D eigenvalue weighted by Gasteiger charge is 2.34. The van der Waals surface area contributed by atoms with Gasteiger partial charge in [-0.15, -0.1) is 0 Å². The zero-order valence-corrected chi connectivity index (χ0v) is 11.4. The number of hydrogen-bond donors (Lipinski definition) is 1. The molecule has 0 bridgehead atoms. The molecule has 0 aromatic heterocycles. The van der Waals surface area contributed by atoms with Crippen molar-refractivity contribution in [1.82, 2.24) is 0 Å². The fourth-order valence-electron chi connectivity index (χ4n) is 3.21. The van der Waals surface area contributed by atoms with E-state index in [0.29, 0.717) is 17.3 Å². The zero-order chi connectivity index (χ0) is 12.5. The summed E-state index contributed by atoms with van der Waals surface area (Å²) in [5.41, 5.74) is 9.29. The predicted octanol–water partition coefficient (Wildman–Crippen LogP) is 3.86. The highest BCUT2D eigenvalue weighted by atomic mass is 14.6. The molecule has 2 unspecified atom stereocenters. The lowest BCUT2D eigenvalue weighted by atomic mass is 9.65. The van der Waals surface area contributed by atoms with Crippen LogP contribution in [0.1, 0.15) is 50.2 Å². The first-order valence-corrected chi connectivity index (χ1v) is 6.78. The van der Waals surface area contributed by atoms with Crippen LogP contribution in [0.3, 0.4) is 0 Å². The Hall–Kier alpha value is -0.820. The van der Waals surface area contributed by atoms with Crippen LogP contribution in [-0.2, 0) is 0 Å². The Morgan fingerprint density at radius 3 is 2.76 bits per heavy atom. The van der Waals surface area contributed by atoms with E-state index >= 15 is 0 Å². The third kappa shape index (κ3) is 2.90. The minimum atomic E-state index is 0.472. The molecule has 17 heavy (non-hydrogen) atoms. The first-order chi connectivity index (χ1) is 8.02. The maximum Gasteiger partial charge on any atom is -0.00430 e. The lowest BCUT2D eigenvalue weighted by molar-refractivity contribution is 0.165. The SMILES string of the molecule is Cc1cccc(C2CC(C)(C)CCC2CN)c1. The van der Waals surface area contributed by atoms with Crippen LogP contribution in [0.4, 0.5) is 0 Å². The maximum atomic E-state index is 5.96. The number of aryl methyl sites for hydroxylation is 1. The predicted molar refractivity (Wildman–Crippen MR) is 74.1 cm³/mol. The summed E-state index contributed by atoms with van der Waals surface area (Å²) < 4.78 is 0. The van der Waals surface area contributed by atoms with Gasteiger partial charge in [0.2, 0.25) is 0 Å². The lowest BCUT2D eigenvalue weighted by Gasteiger charge is -2.41. The van der Waals surface area contributed by atoms with Gasteiger partial charge in [0, 0.05) is 0 Å². The van der Waals surface area contributed by atoms with Gasteiger partial charge in [-0.1, -0.05) is 43.7 Å². The Morgan fingerprint density at radius 1 is 1.35 bits per heavy atom. The van der Waals surface area contributed by atoms with Crippen molar-refractivity contribution in [3.05, 3.63) is 35.4 Å². The fourth-order valence-corrected chi connectivity index (χ4v) is 3.21. The van der Waals surface area contributed by atoms with Crippen molar-refractivity contribution in [2.75, 3.05) is 6.54 Å². The van der Waals surface area contributed by atoms with Crippen molar-refractivity contribution < 1.29 is 0 Å². The molecule has 1 heteroatoms. The molecule has 0 spiro atoms. The number of rotatable bonds is 2. The van der Waals surface area contributed by atoms with Crippen LogP contribution < -0.4 is 5.73 Å². The zero-order valence-electron chi connectivity index (χ0n) is 11.4. The van der Waals surface area contributed by atoms with Gasteiger partial charge < -0.3 is 5.73 Å². The van der Waals surface area contributed by atoms with E-state index in [4.69, 9.17) is 5.73 Å². The Labute approximate surface area is 105 Å². The van der Waals surface area contributed by atoms with Crippen LogP contribution in [0.2, 0.25) is 0 Å². The second-order valence-electron chi connectivity index (χ2n) is 6.42. The quantitative estimate of drug-likeness (QED) is 0.821. The van der Waals surface area contributed by atoms with Gasteiger partial charge in [-0.2, -0.15) is 0 Å². The average molecular weight is 231 g/mol. The van der Waals surface area contributed by atoms with Crippen molar-refractivity contribution in [3.8, 4) is 0 Å². The van der Waals surface area contributed by atoms with Gasteiger partial charge in [-0.25, -0.2) is 0 Å². The van der Waals surface area contributed by atoms with Gasteiger partial charge >= 0.3 is 0 Å². The second-order valence-corrected chi connectivity index (χ2v) is 6.42. The van der Waals surface area contributed by atoms with Gasteiger partial charge in [0.15, 0.2) is 0 Å². The molecule has 0 aliphatic heterocycles. The van der Waals surface area contributed by atoms with E-state index < -0.39 is 0 Å². The Bertz CT molecular complexity index is 381. The topological polar surface area (TPSA) is 26.0 Å². The Balaban J connectivity index is 2.26. The fraction of sp³-hybridized carbons (Fsp3) is 0.625. The van der Waals surface area contributed by atoms with Crippen LogP contribution >= 0.6 is 0 Å². The molecule has 2 N–H and O–H groups in total. The maximum absolute atomic E-state index is 5.96. The molecule has 2 rings (SSSR count). The van der Waals surface area contributed by atoms with E-state index in [1.807, 2.05) is 0 Å². The lowest BCUT2D eigenvalue weighted by Crippen LogP contribution is -2.32. The summed E-state index contributed by atoms with van der Waals surface area (Å²) in [6.45, 7) is 7.79. The molecule has 1 aromatic carbocycles. The standard InChI is InChI=1S/C16H25N/c1-12-5-4-6-13(9-12)15-10-16(2,3)8-7-14(15)11-17/h4-6,9,14-15H,7-8,10-11,17H2,1-3H3. The molecule has 1 saturated carbocycles. The van der Waals surface area contributed by atoms with Gasteiger partial charge in [0.1, 0.15) is 0 Å². The molecule has 1 aromatic rings. The first-order valence-electron chi connectivity index (χ1n) is 6.78. The Morgan fingerprint density at radius 2 is 2.12 bits per heavy atom. The van der Waals surface area contributed by atoms with Crippen LogP contribution in [0.15, 0.2) is 24.3 Å². The van der Waals surface area contributed by atoms with E-state index in [1.165, 1.54) is 30.4 Å². The van der Waals surface area contributed by atoms with Crippen molar-refractivity contribution in [3.63, 3.8) is 0 Å². The normalized spacial score (nSPS) is 28.0. The van der Waals surface area contributed by atoms with E-state index in [9.17, 15) is 0 Å². The smallest absolute Gasteiger partial charge is 0.00430 e. The molecule has 2 atom stereocenters. The van der Waals surface area contributed by atoms with Crippen LogP contribution in [0, 0.1) is 18.3 Å². The second kappa shape index (κ2) is 4.81. The van der Waals surface area contributed by atoms with Crippen molar-refractivity contribution in [1.29, 1.82) is 0 Å². The third-order valence-electron chi connectivity index (χ3n) is 4.31. The summed E-state index contributed by atoms with van der Waals surface area (Å²) in [6, 6.07) is 8.98. The van der Waals surface area contributed by atoms with E-state index in [-0.39, 0.29) is 0 Å². The van der Waals surface area contributed by atoms with Crippen LogP contribution in [0.5, 0.6) is 0 Å². The molecular formula is C16H25N. The molecule has 1 aliphatic rings. The number of benzene rings is 1. The molecule has 94 valence electrons. The minimum Gasteiger partial charge on any atom is -0.330 e. The number of nitrogens with two attached hydrogens (primary N) is 1. The van der Waals surface area contributed by atoms with Gasteiger partial charge in [0.25, 0.3) is 0 Å². The van der Waals surface area contributed by atoms with E-state index in [2.05, 4.69) is 45.0 Å². The molecule has 0 heterocycles. The van der Waals surface area contributed by atoms with Gasteiger partial charge in [-0.05, 0) is 55.5 Å². The molecular weight excluding hydrogens is 206 g/mol. The van der Waals surface area contributed by atoms with Crippen LogP contribution in [-0.4, -0.2) is 6.54 Å². The van der Waals surface area contributed by atoms with Crippen molar-refractivity contribution in [2.24, 2.45) is 17.1 Å². The van der Waals surface area contributed by atoms with Crippen molar-refractivity contribution >= 4 is 0 Å². The third-order valence-corrected chi connectivity index (χ3v) is 4.31. The van der Waals surface area contributed by atoms with E-state index in [0.717, 1.165) is 6.54 Å². The molecule has 1 nitrogen and oxygen atoms in total. The summed E-state index contributed by atoms with van der Waals surface area (Å²) >= 11 is 0. The highest BCUT2D eigenvalue weighted by molar-refractivity contribution is 5.27. The molecule has 0 saturated heterocycles. The largest absolute Gasteiger partial charge is 0.330 e. The number of hydrogen-bond acceptors (Lipinski definition) is 1. The van der Waals surface area contributed by atoms with Crippen LogP contribution in [0.25, 0.3) is 0 Å². The monoisotopic (exact) mass is 231 g/mol. The summed E-state index contributed by atoms with van der Waals surface area (Å²) in [5, 5.41) is 0. The minimum absolute atomic E-state index is 0.472. The van der Waals surface area contributed by atoms with Gasteiger partial charge in [-0.3, -0.25) is 0 Å². The summed E-state index contributed by atoms with van der Waals surface area (Å²) in [7, 11) is 0. The molecule has 0 amide bonds. The average Bonchev–Trinajstić information content (AvgIpc) is 2.28. The molecule has 1 aliphatic carbocycles. The van der Waals surface area contributed by atoms with E-state index in [1.54, 1.807) is 0 Å². The summed E-state index contributed by atoms with van der Waals surface area (Å²) in [6.07, 6.45) is 3.87. The highest BCUT2D eigenvalue weighted by Crippen LogP contribution is 2.46. The van der Waals surface area contributed by atoms with Gasteiger partial charge in [0.05, 0.1) is 0 Å². The summed E-state index contributed by atoms with van der Waals surface area (Å²) in [5.74, 6) is 1.33. The van der Waals surface area contributed by atoms with Crippen molar-refractivity contribution in [2.45, 2.75) is 46.0 Å². The first kappa shape index (κ1) is 12.6. The molecule has 1 fully saturated rings.